The Balaban J connectivity index is 1.70. The first kappa shape index (κ1) is 49.2. The summed E-state index contributed by atoms with van der Waals surface area (Å²) in [5.41, 5.74) is -4.28. The van der Waals surface area contributed by atoms with Crippen LogP contribution in [0.2, 0.25) is 0 Å². The number of azo groups is 2. The molecule has 0 aliphatic carbocycles. The summed E-state index contributed by atoms with van der Waals surface area (Å²) in [6.07, 6.45) is -1.51. The van der Waals surface area contributed by atoms with Gasteiger partial charge in [0.2, 0.25) is 5.95 Å². The van der Waals surface area contributed by atoms with Crippen molar-refractivity contribution in [3.63, 3.8) is 0 Å². The predicted molar refractivity (Wildman–Crippen MR) is 211 cm³/mol. The van der Waals surface area contributed by atoms with Crippen LogP contribution in [0.5, 0.6) is 5.75 Å². The number of halogens is 2. The molecule has 0 saturated heterocycles. The lowest BCUT2D eigenvalue weighted by atomic mass is 10.1. The highest BCUT2D eigenvalue weighted by Gasteiger charge is 2.27. The Labute approximate surface area is 358 Å². The fourth-order valence-electron chi connectivity index (χ4n) is 5.16. The smallest absolute Gasteiger partial charge is 0.397 e. The Morgan fingerprint density at radius 2 is 1.25 bits per heavy atom. The van der Waals surface area contributed by atoms with Crippen LogP contribution in [0.4, 0.5) is 48.7 Å². The zero-order chi connectivity index (χ0) is 47.8. The number of rotatable bonds is 17. The Hall–Kier alpha value is -5.86. The van der Waals surface area contributed by atoms with Gasteiger partial charge >= 0.3 is 16.5 Å². The van der Waals surface area contributed by atoms with E-state index in [0.29, 0.717) is 30.3 Å². The van der Waals surface area contributed by atoms with Crippen molar-refractivity contribution in [3.05, 3.63) is 72.7 Å². The second-order valence-corrected chi connectivity index (χ2v) is 21.0. The summed E-state index contributed by atoms with van der Waals surface area (Å²) in [6.45, 7) is -1.14. The summed E-state index contributed by atoms with van der Waals surface area (Å²) in [7, 11) is -30.7. The molecule has 0 saturated carbocycles. The van der Waals surface area contributed by atoms with Crippen LogP contribution in [0.3, 0.4) is 0 Å². The van der Waals surface area contributed by atoms with Crippen molar-refractivity contribution < 1.29 is 91.3 Å². The summed E-state index contributed by atoms with van der Waals surface area (Å²) >= 11 is 0. The van der Waals surface area contributed by atoms with E-state index in [2.05, 4.69) is 45.2 Å². The maximum absolute atomic E-state index is 13.7. The molecule has 1 aromatic heterocycles. The van der Waals surface area contributed by atoms with E-state index in [1.54, 1.807) is 0 Å². The molecular formula is C29H24F2N8O19S6. The Morgan fingerprint density at radius 3 is 1.84 bits per heavy atom. The number of fused-ring (bicyclic) bond motifs is 1. The number of hydrogen-bond acceptors (Lipinski definition) is 22. The molecule has 344 valence electrons. The third-order valence-electron chi connectivity index (χ3n) is 7.77. The molecule has 0 radical (unpaired) electrons. The van der Waals surface area contributed by atoms with Gasteiger partial charge in [-0.05, 0) is 54.6 Å². The Morgan fingerprint density at radius 1 is 0.625 bits per heavy atom. The van der Waals surface area contributed by atoms with E-state index in [1.165, 1.54) is 0 Å². The second-order valence-electron chi connectivity index (χ2n) is 12.2. The van der Waals surface area contributed by atoms with Crippen LogP contribution in [0.1, 0.15) is 0 Å². The van der Waals surface area contributed by atoms with Crippen LogP contribution in [0, 0.1) is 12.0 Å². The molecule has 4 aromatic carbocycles. The minimum absolute atomic E-state index is 0.207. The van der Waals surface area contributed by atoms with Crippen LogP contribution >= 0.6 is 0 Å². The van der Waals surface area contributed by atoms with Crippen molar-refractivity contribution in [2.45, 2.75) is 19.6 Å². The molecule has 8 N–H and O–H groups in total. The number of sulfone groups is 1. The lowest BCUT2D eigenvalue weighted by Crippen LogP contribution is -2.16. The number of aromatic hydroxyl groups is 1. The molecule has 0 fully saturated rings. The van der Waals surface area contributed by atoms with Crippen molar-refractivity contribution in [1.29, 1.82) is 0 Å². The van der Waals surface area contributed by atoms with Crippen molar-refractivity contribution >= 4 is 111 Å². The van der Waals surface area contributed by atoms with E-state index in [4.69, 9.17) is 4.55 Å². The Kier molecular flexibility index (Phi) is 13.8. The molecular weight excluding hydrogens is 995 g/mol. The van der Waals surface area contributed by atoms with E-state index in [1.807, 2.05) is 0 Å². The lowest BCUT2D eigenvalue weighted by molar-refractivity contribution is 0.284. The molecule has 5 rings (SSSR count). The second kappa shape index (κ2) is 18.0. The van der Waals surface area contributed by atoms with E-state index in [9.17, 15) is 82.6 Å². The van der Waals surface area contributed by atoms with Crippen molar-refractivity contribution in [1.82, 2.24) is 9.97 Å². The first-order valence-corrected chi connectivity index (χ1v) is 25.1. The number of benzene rings is 4. The lowest BCUT2D eigenvalue weighted by Gasteiger charge is -2.14. The zero-order valence-electron chi connectivity index (χ0n) is 30.8. The van der Waals surface area contributed by atoms with Gasteiger partial charge in [0.15, 0.2) is 15.6 Å². The van der Waals surface area contributed by atoms with Gasteiger partial charge in [-0.2, -0.15) is 60.8 Å². The number of hydrogen-bond donors (Lipinski definition) is 8. The van der Waals surface area contributed by atoms with E-state index in [-0.39, 0.29) is 5.69 Å². The number of anilines is 3. The molecule has 0 unspecified atom stereocenters. The monoisotopic (exact) mass is 1020 g/mol. The van der Waals surface area contributed by atoms with Crippen LogP contribution in [0.25, 0.3) is 10.8 Å². The zero-order valence-corrected chi connectivity index (χ0v) is 35.7. The average molecular weight is 1020 g/mol. The summed E-state index contributed by atoms with van der Waals surface area (Å²) in [5.74, 6) is -5.48. The van der Waals surface area contributed by atoms with Crippen molar-refractivity contribution in [2.24, 2.45) is 20.5 Å². The molecule has 5 aromatic rings. The van der Waals surface area contributed by atoms with Gasteiger partial charge in [0.05, 0.1) is 22.9 Å². The molecule has 0 aliphatic rings. The van der Waals surface area contributed by atoms with Crippen molar-refractivity contribution in [2.75, 3.05) is 28.9 Å². The minimum Gasteiger partial charge on any atom is -0.505 e. The number of phenols is 1. The number of phenolic OH excluding ortho intramolecular Hbond substituents is 1. The highest BCUT2D eigenvalue weighted by atomic mass is 32.3. The van der Waals surface area contributed by atoms with Crippen molar-refractivity contribution in [3.8, 4) is 5.75 Å². The molecule has 1 heterocycles. The van der Waals surface area contributed by atoms with Gasteiger partial charge in [0.1, 0.15) is 49.1 Å². The standard InChI is InChI=1S/C29H24F2N8O19S6/c30-24-12-25(35-29(31)34-24)33-14-1-6-21(61(46,47)48)20(9-14)37-38-26-17-11-23(63(52,53)54)27(28(40)16(17)3-5-19(26)32-13-60(43,44)45)39-36-18-4-2-15(10-22(18)62(49,50)51)59(41,42)8-7-58-64(55,56)57/h1-6,9-12,32,40H,7-8,13H2,(H,33,34,35)(H,43,44,45)(H,46,47,48)(H,49,50,51)(H,52,53,54)(H,55,56,57)/b38-37+,39-36+. The minimum atomic E-state index is -5.58. The number of aromatic nitrogens is 2. The van der Waals surface area contributed by atoms with Gasteiger partial charge in [0, 0.05) is 22.5 Å². The first-order chi connectivity index (χ1) is 29.3. The van der Waals surface area contributed by atoms with E-state index >= 15 is 0 Å². The van der Waals surface area contributed by atoms with Crippen LogP contribution in [-0.4, -0.2) is 107 Å². The molecule has 27 nitrogen and oxygen atoms in total. The van der Waals surface area contributed by atoms with Gasteiger partial charge < -0.3 is 15.7 Å². The third-order valence-corrected chi connectivity index (χ3v) is 13.1. The van der Waals surface area contributed by atoms with Gasteiger partial charge in [-0.1, -0.05) is 0 Å². The molecule has 0 bridgehead atoms. The van der Waals surface area contributed by atoms with Gasteiger partial charge in [-0.3, -0.25) is 22.8 Å². The quantitative estimate of drug-likeness (QED) is 0.0284. The largest absolute Gasteiger partial charge is 0.505 e. The first-order valence-electron chi connectivity index (χ1n) is 16.2. The number of nitrogens with zero attached hydrogens (tertiary/aromatic N) is 6. The molecule has 0 aliphatic heterocycles. The SMILES string of the molecule is O=S(=O)(O)CNc1ccc2c(O)c(/N=N/c3ccc(S(=O)(=O)CCOS(=O)(=O)O)cc3S(=O)(=O)O)c(S(=O)(=O)O)cc2c1/N=N/c1cc(Nc2cc(F)nc(F)n2)ccc1S(=O)(=O)O. The van der Waals surface area contributed by atoms with E-state index in [0.717, 1.165) is 30.3 Å². The highest BCUT2D eigenvalue weighted by Crippen LogP contribution is 2.47. The van der Waals surface area contributed by atoms with Crippen LogP contribution in [0.15, 0.2) is 101 Å². The molecule has 64 heavy (non-hydrogen) atoms. The normalized spacial score (nSPS) is 13.2. The van der Waals surface area contributed by atoms with Crippen LogP contribution in [-0.2, 0) is 64.9 Å². The average Bonchev–Trinajstić information content (AvgIpc) is 3.13. The van der Waals surface area contributed by atoms with Gasteiger partial charge in [-0.15, -0.1) is 20.5 Å². The van der Waals surface area contributed by atoms with Gasteiger partial charge in [0.25, 0.3) is 40.5 Å². The fourth-order valence-corrected chi connectivity index (χ4v) is 8.99. The summed E-state index contributed by atoms with van der Waals surface area (Å²) < 4.78 is 224. The summed E-state index contributed by atoms with van der Waals surface area (Å²) in [6, 6.07) is 7.17. The summed E-state index contributed by atoms with van der Waals surface area (Å²) in [4.78, 5) is 1.59. The van der Waals surface area contributed by atoms with E-state index < -0.39 is 161 Å². The maximum Gasteiger partial charge on any atom is 0.397 e. The third kappa shape index (κ3) is 12.4. The Bertz CT molecular complexity index is 3470. The fraction of sp³-hybridized carbons (Fsp3) is 0.103. The molecule has 35 heteroatoms. The van der Waals surface area contributed by atoms with Crippen LogP contribution < -0.4 is 10.6 Å². The highest BCUT2D eigenvalue weighted by molar-refractivity contribution is 7.91. The maximum atomic E-state index is 13.7. The molecule has 0 atom stereocenters. The summed E-state index contributed by atoms with van der Waals surface area (Å²) in [5, 5.41) is 29.4. The van der Waals surface area contributed by atoms with Gasteiger partial charge in [-0.25, -0.2) is 12.6 Å². The topological polar surface area (TPSA) is 435 Å². The molecule has 0 spiro atoms. The predicted octanol–water partition coefficient (Wildman–Crippen LogP) is 3.78. The molecule has 0 amide bonds. The number of nitrogens with one attached hydrogen (secondary N) is 2.